The minimum atomic E-state index is -0.508. The molecule has 10 heteroatoms. The topological polar surface area (TPSA) is 94.8 Å². The number of benzene rings is 2. The van der Waals surface area contributed by atoms with Crippen LogP contribution in [0.1, 0.15) is 23.7 Å². The number of hydrogen-bond donors (Lipinski definition) is 0. The summed E-state index contributed by atoms with van der Waals surface area (Å²) in [7, 11) is 1.45. The smallest absolute Gasteiger partial charge is 0.273 e. The zero-order valence-electron chi connectivity index (χ0n) is 17.3. The number of nitro benzene ring substituents is 1. The second-order valence-corrected chi connectivity index (χ2v) is 8.01. The Labute approximate surface area is 188 Å². The van der Waals surface area contributed by atoms with Gasteiger partial charge >= 0.3 is 0 Å². The van der Waals surface area contributed by atoms with E-state index in [2.05, 4.69) is 4.98 Å². The van der Waals surface area contributed by atoms with Gasteiger partial charge in [0.15, 0.2) is 16.6 Å². The second-order valence-electron chi connectivity index (χ2n) is 6.77. The minimum absolute atomic E-state index is 0.0420. The monoisotopic (exact) mass is 461 g/mol. The van der Waals surface area contributed by atoms with Crippen molar-refractivity contribution in [3.05, 3.63) is 67.7 Å². The molecule has 0 aliphatic rings. The number of non-ortho nitro benzene ring substituents is 1. The lowest BCUT2D eigenvalue weighted by molar-refractivity contribution is -0.385. The summed E-state index contributed by atoms with van der Waals surface area (Å²) in [5, 5.41) is 13.7. The second kappa shape index (κ2) is 9.32. The van der Waals surface area contributed by atoms with E-state index in [0.717, 1.165) is 11.1 Å². The third-order valence-electron chi connectivity index (χ3n) is 4.40. The predicted molar refractivity (Wildman–Crippen MR) is 120 cm³/mol. The molecule has 1 heterocycles. The van der Waals surface area contributed by atoms with Crippen molar-refractivity contribution in [1.82, 2.24) is 4.98 Å². The first-order valence-corrected chi connectivity index (χ1v) is 10.4. The van der Waals surface area contributed by atoms with Crippen LogP contribution in [0, 0.1) is 24.0 Å². The molecule has 0 aliphatic carbocycles. The van der Waals surface area contributed by atoms with E-state index in [1.54, 1.807) is 11.4 Å². The number of carbonyl (C=O) groups excluding carboxylic acids is 1. The Morgan fingerprint density at radius 2 is 2.00 bits per heavy atom. The molecule has 0 saturated carbocycles. The molecular formula is C21H20ClN3O5S. The molecule has 0 atom stereocenters. The molecule has 3 rings (SSSR count). The Bertz CT molecular complexity index is 1120. The molecule has 0 aliphatic heterocycles. The summed E-state index contributed by atoms with van der Waals surface area (Å²) in [6.45, 7) is 5.31. The van der Waals surface area contributed by atoms with Crippen molar-refractivity contribution in [2.45, 2.75) is 27.4 Å². The summed E-state index contributed by atoms with van der Waals surface area (Å²) in [6.07, 6.45) is 0. The molecule has 0 spiro atoms. The molecule has 162 valence electrons. The quantitative estimate of drug-likeness (QED) is 0.336. The molecule has 1 amide bonds. The summed E-state index contributed by atoms with van der Waals surface area (Å²) in [4.78, 5) is 28.9. The number of amides is 1. The number of thiazole rings is 1. The molecule has 3 aromatic rings. The van der Waals surface area contributed by atoms with Gasteiger partial charge in [-0.2, -0.15) is 0 Å². The van der Waals surface area contributed by atoms with Crippen molar-refractivity contribution in [2.24, 2.45) is 0 Å². The Hall–Kier alpha value is -3.17. The largest absolute Gasteiger partial charge is 0.493 e. The van der Waals surface area contributed by atoms with Gasteiger partial charge in [0.2, 0.25) is 5.91 Å². The Morgan fingerprint density at radius 1 is 1.26 bits per heavy atom. The molecule has 1 aromatic heterocycles. The fourth-order valence-corrected chi connectivity index (χ4v) is 4.35. The lowest BCUT2D eigenvalue weighted by Gasteiger charge is -2.22. The molecule has 8 nitrogen and oxygen atoms in total. The molecule has 0 fully saturated rings. The Kier molecular flexibility index (Phi) is 6.77. The molecule has 0 radical (unpaired) electrons. The normalized spacial score (nSPS) is 10.6. The summed E-state index contributed by atoms with van der Waals surface area (Å²) < 4.78 is 10.9. The van der Waals surface area contributed by atoms with E-state index in [9.17, 15) is 14.9 Å². The van der Waals surface area contributed by atoms with E-state index in [-0.39, 0.29) is 24.0 Å². The predicted octanol–water partition coefficient (Wildman–Crippen LogP) is 5.59. The van der Waals surface area contributed by atoms with Gasteiger partial charge in [-0.3, -0.25) is 19.8 Å². The van der Waals surface area contributed by atoms with Gasteiger partial charge in [-0.15, -0.1) is 11.3 Å². The van der Waals surface area contributed by atoms with E-state index < -0.39 is 4.92 Å². The third kappa shape index (κ3) is 4.95. The van der Waals surface area contributed by atoms with Gasteiger partial charge in [-0.05, 0) is 37.1 Å². The van der Waals surface area contributed by atoms with Crippen molar-refractivity contribution in [2.75, 3.05) is 12.0 Å². The number of carbonyl (C=O) groups is 1. The highest BCUT2D eigenvalue weighted by molar-refractivity contribution is 7.14. The molecule has 0 N–H and O–H groups in total. The molecule has 31 heavy (non-hydrogen) atoms. The molecule has 0 saturated heterocycles. The van der Waals surface area contributed by atoms with Crippen molar-refractivity contribution in [3.63, 3.8) is 0 Å². The average molecular weight is 462 g/mol. The minimum Gasteiger partial charge on any atom is -0.493 e. The van der Waals surface area contributed by atoms with Crippen LogP contribution in [-0.2, 0) is 11.4 Å². The zero-order chi connectivity index (χ0) is 22.7. The maximum Gasteiger partial charge on any atom is 0.273 e. The number of halogens is 1. The van der Waals surface area contributed by atoms with E-state index >= 15 is 0 Å². The first-order chi connectivity index (χ1) is 14.7. The summed E-state index contributed by atoms with van der Waals surface area (Å²) in [5.74, 6) is 0.372. The van der Waals surface area contributed by atoms with Gasteiger partial charge in [-0.25, -0.2) is 4.98 Å². The van der Waals surface area contributed by atoms with Crippen LogP contribution < -0.4 is 14.4 Å². The van der Waals surface area contributed by atoms with Crippen LogP contribution in [0.15, 0.2) is 35.7 Å². The number of aryl methyl sites for hydroxylation is 2. The molecule has 0 unspecified atom stereocenters. The van der Waals surface area contributed by atoms with Crippen LogP contribution >= 0.6 is 22.9 Å². The number of nitro groups is 1. The molecule has 0 bridgehead atoms. The number of rotatable bonds is 7. The van der Waals surface area contributed by atoms with Gasteiger partial charge in [0.1, 0.15) is 6.61 Å². The highest BCUT2D eigenvalue weighted by atomic mass is 35.5. The van der Waals surface area contributed by atoms with Gasteiger partial charge in [0, 0.05) is 18.4 Å². The van der Waals surface area contributed by atoms with Gasteiger partial charge in [0.25, 0.3) is 5.69 Å². The maximum atomic E-state index is 12.4. The first-order valence-electron chi connectivity index (χ1n) is 9.18. The number of ether oxygens (including phenoxy) is 2. The highest BCUT2D eigenvalue weighted by Gasteiger charge is 2.23. The fourth-order valence-electron chi connectivity index (χ4n) is 3.09. The van der Waals surface area contributed by atoms with Crippen molar-refractivity contribution >= 4 is 45.4 Å². The van der Waals surface area contributed by atoms with Crippen LogP contribution in [0.4, 0.5) is 16.5 Å². The SMILES string of the molecule is COc1ccc([N+](=O)[O-])cc1OCc1csc(N(C(C)=O)c2c(C)cc(C)cc2Cl)n1. The lowest BCUT2D eigenvalue weighted by Crippen LogP contribution is -2.24. The maximum absolute atomic E-state index is 12.4. The third-order valence-corrected chi connectivity index (χ3v) is 5.56. The van der Waals surface area contributed by atoms with Crippen molar-refractivity contribution in [3.8, 4) is 11.5 Å². The van der Waals surface area contributed by atoms with Gasteiger partial charge in [0.05, 0.1) is 34.5 Å². The van der Waals surface area contributed by atoms with Gasteiger partial charge < -0.3 is 9.47 Å². The Balaban J connectivity index is 1.87. The lowest BCUT2D eigenvalue weighted by atomic mass is 10.1. The van der Waals surface area contributed by atoms with Crippen LogP contribution in [-0.4, -0.2) is 22.9 Å². The zero-order valence-corrected chi connectivity index (χ0v) is 18.9. The first kappa shape index (κ1) is 22.5. The number of anilines is 2. The molecule has 2 aromatic carbocycles. The summed E-state index contributed by atoms with van der Waals surface area (Å²) in [5.41, 5.74) is 2.88. The van der Waals surface area contributed by atoms with Crippen molar-refractivity contribution in [1.29, 1.82) is 0 Å². The fraction of sp³-hybridized carbons (Fsp3) is 0.238. The summed E-state index contributed by atoms with van der Waals surface area (Å²) in [6, 6.07) is 7.85. The average Bonchev–Trinajstić information content (AvgIpc) is 3.16. The van der Waals surface area contributed by atoms with Gasteiger partial charge in [-0.1, -0.05) is 17.7 Å². The van der Waals surface area contributed by atoms with E-state index in [4.69, 9.17) is 21.1 Å². The van der Waals surface area contributed by atoms with Crippen LogP contribution in [0.5, 0.6) is 11.5 Å². The Morgan fingerprint density at radius 3 is 2.61 bits per heavy atom. The van der Waals surface area contributed by atoms with Crippen LogP contribution in [0.3, 0.4) is 0 Å². The molecular weight excluding hydrogens is 442 g/mol. The van der Waals surface area contributed by atoms with E-state index in [0.29, 0.717) is 27.3 Å². The van der Waals surface area contributed by atoms with E-state index in [1.807, 2.05) is 19.9 Å². The standard InChI is InChI=1S/C21H20ClN3O5S/c1-12-7-13(2)20(17(22)8-12)24(14(3)26)21-23-15(11-31-21)10-30-19-9-16(25(27)28)5-6-18(19)29-4/h5-9,11H,10H2,1-4H3. The number of aromatic nitrogens is 1. The number of hydrogen-bond acceptors (Lipinski definition) is 7. The summed E-state index contributed by atoms with van der Waals surface area (Å²) >= 11 is 7.71. The highest BCUT2D eigenvalue weighted by Crippen LogP contribution is 2.38. The van der Waals surface area contributed by atoms with Crippen LogP contribution in [0.2, 0.25) is 5.02 Å². The number of methoxy groups -OCH3 is 1. The van der Waals surface area contributed by atoms with E-state index in [1.165, 1.54) is 48.5 Å². The number of nitrogens with zero attached hydrogens (tertiary/aromatic N) is 3. The van der Waals surface area contributed by atoms with Crippen molar-refractivity contribution < 1.29 is 19.2 Å². The van der Waals surface area contributed by atoms with Crippen LogP contribution in [0.25, 0.3) is 0 Å².